The Bertz CT molecular complexity index is 570. The smallest absolute Gasteiger partial charge is 0.435 e. The molecule has 0 aromatic heterocycles. The van der Waals surface area contributed by atoms with E-state index in [1.165, 1.54) is 13.0 Å². The summed E-state index contributed by atoms with van der Waals surface area (Å²) in [6.07, 6.45) is -0.351. The molecule has 0 saturated carbocycles. The van der Waals surface area contributed by atoms with Crippen molar-refractivity contribution in [3.63, 3.8) is 0 Å². The van der Waals surface area contributed by atoms with Crippen LogP contribution in [0.15, 0.2) is 24.3 Å². The summed E-state index contributed by atoms with van der Waals surface area (Å²) < 4.78 is -0.814. The van der Waals surface area contributed by atoms with E-state index in [-0.39, 0.29) is 12.3 Å². The highest BCUT2D eigenvalue weighted by atomic mass is 35.5. The number of hydrogen-bond acceptors (Lipinski definition) is 3. The molecule has 0 radical (unpaired) electrons. The average molecular weight is 297 g/mol. The number of likely N-dealkylation sites (tertiary alicyclic amines) is 1. The van der Waals surface area contributed by atoms with Crippen LogP contribution in [0.4, 0.5) is 4.79 Å². The maximum atomic E-state index is 12.5. The Morgan fingerprint density at radius 1 is 1.35 bits per heavy atom. The molecule has 6 heteroatoms. The molecule has 1 heterocycles. The van der Waals surface area contributed by atoms with E-state index >= 15 is 0 Å². The summed E-state index contributed by atoms with van der Waals surface area (Å²) >= 11 is 5.85. The fourth-order valence-corrected chi connectivity index (χ4v) is 3.01. The molecular weight excluding hydrogens is 282 g/mol. The first kappa shape index (κ1) is 14.7. The van der Waals surface area contributed by atoms with Crippen LogP contribution in [0.2, 0.25) is 5.02 Å². The fourth-order valence-electron chi connectivity index (χ4n) is 2.82. The van der Waals surface area contributed by atoms with Gasteiger partial charge in [0.1, 0.15) is 0 Å². The van der Waals surface area contributed by atoms with Gasteiger partial charge >= 0.3 is 12.0 Å². The Balaban J connectivity index is 2.43. The Kier molecular flexibility index (Phi) is 3.92. The van der Waals surface area contributed by atoms with Gasteiger partial charge in [-0.2, -0.15) is 9.28 Å². The van der Waals surface area contributed by atoms with Crippen molar-refractivity contribution in [1.82, 2.24) is 0 Å². The number of quaternary nitrogens is 1. The molecule has 1 aliphatic heterocycles. The molecule has 0 aliphatic carbocycles. The van der Waals surface area contributed by atoms with Gasteiger partial charge in [-0.1, -0.05) is 23.7 Å². The molecule has 1 saturated heterocycles. The fraction of sp³-hybridized carbons (Fsp3) is 0.357. The molecule has 0 bridgehead atoms. The van der Waals surface area contributed by atoms with Crippen LogP contribution in [0, 0.1) is 0 Å². The van der Waals surface area contributed by atoms with Crippen LogP contribution in [0.5, 0.6) is 0 Å². The van der Waals surface area contributed by atoms with Crippen molar-refractivity contribution in [3.05, 3.63) is 34.9 Å². The summed E-state index contributed by atoms with van der Waals surface area (Å²) in [4.78, 5) is 35.9. The maximum Gasteiger partial charge on any atom is 0.521 e. The Hall–Kier alpha value is -1.72. The van der Waals surface area contributed by atoms with Gasteiger partial charge in [-0.15, -0.1) is 0 Å². The van der Waals surface area contributed by atoms with Crippen molar-refractivity contribution in [1.29, 1.82) is 0 Å². The standard InChI is InChI=1S/C14H14ClNO4/c1-9(17)16(14(19)20)7-3-6-12(16)13(18)10-4-2-5-11(15)8-10/h2,4-5,8,12H,3,6-7H2,1H3/p+1/t12-,16?/m0/s1. The molecule has 1 aromatic carbocycles. The minimum atomic E-state index is -1.27. The summed E-state index contributed by atoms with van der Waals surface area (Å²) in [7, 11) is 0. The lowest BCUT2D eigenvalue weighted by atomic mass is 10.0. The molecule has 2 atom stereocenters. The molecule has 0 spiro atoms. The Morgan fingerprint density at radius 2 is 2.05 bits per heavy atom. The summed E-state index contributed by atoms with van der Waals surface area (Å²) in [5, 5.41) is 9.84. The third-order valence-electron chi connectivity index (χ3n) is 3.84. The number of carboxylic acid groups (broad SMARTS) is 1. The second-order valence-electron chi connectivity index (χ2n) is 4.93. The van der Waals surface area contributed by atoms with E-state index in [0.29, 0.717) is 23.4 Å². The highest BCUT2D eigenvalue weighted by Gasteiger charge is 2.56. The van der Waals surface area contributed by atoms with Crippen LogP contribution < -0.4 is 0 Å². The first-order valence-corrected chi connectivity index (χ1v) is 6.69. The number of amides is 2. The molecule has 106 valence electrons. The van der Waals surface area contributed by atoms with Gasteiger partial charge in [-0.05, 0) is 12.1 Å². The maximum absolute atomic E-state index is 12.5. The highest BCUT2D eigenvalue weighted by molar-refractivity contribution is 6.31. The Labute approximate surface area is 121 Å². The zero-order valence-corrected chi connectivity index (χ0v) is 11.8. The van der Waals surface area contributed by atoms with Gasteiger partial charge in [0.25, 0.3) is 0 Å². The summed E-state index contributed by atoms with van der Waals surface area (Å²) in [6.45, 7) is 1.37. The number of carbonyl (C=O) groups is 3. The van der Waals surface area contributed by atoms with Crippen molar-refractivity contribution in [2.75, 3.05) is 6.54 Å². The summed E-state index contributed by atoms with van der Waals surface area (Å²) in [6, 6.07) is 5.48. The number of rotatable bonds is 2. The second-order valence-corrected chi connectivity index (χ2v) is 5.36. The van der Waals surface area contributed by atoms with Gasteiger partial charge in [0.2, 0.25) is 5.78 Å². The molecule has 20 heavy (non-hydrogen) atoms. The number of nitrogens with zero attached hydrogens (tertiary/aromatic N) is 1. The SMILES string of the molecule is CC(=O)[N+]1(C(=O)O)CCC[C@H]1C(=O)c1cccc(Cl)c1. The number of benzene rings is 1. The van der Waals surface area contributed by atoms with Crippen molar-refractivity contribution >= 4 is 29.4 Å². The molecular formula is C14H15ClNO4+. The van der Waals surface area contributed by atoms with Crippen molar-refractivity contribution in [2.24, 2.45) is 0 Å². The lowest BCUT2D eigenvalue weighted by Crippen LogP contribution is -2.60. The summed E-state index contributed by atoms with van der Waals surface area (Å²) in [5.74, 6) is -0.863. The normalized spacial score (nSPS) is 25.4. The van der Waals surface area contributed by atoms with Crippen LogP contribution in [-0.2, 0) is 4.79 Å². The highest BCUT2D eigenvalue weighted by Crippen LogP contribution is 2.31. The van der Waals surface area contributed by atoms with Gasteiger partial charge < -0.3 is 5.11 Å². The van der Waals surface area contributed by atoms with E-state index in [1.54, 1.807) is 18.2 Å². The molecule has 5 nitrogen and oxygen atoms in total. The van der Waals surface area contributed by atoms with E-state index in [2.05, 4.69) is 0 Å². The minimum absolute atomic E-state index is 0.154. The van der Waals surface area contributed by atoms with Gasteiger partial charge in [0.05, 0.1) is 13.5 Å². The molecule has 1 aromatic rings. The molecule has 1 fully saturated rings. The lowest BCUT2D eigenvalue weighted by molar-refractivity contribution is -0.783. The van der Waals surface area contributed by atoms with E-state index in [1.807, 2.05) is 0 Å². The Morgan fingerprint density at radius 3 is 2.60 bits per heavy atom. The van der Waals surface area contributed by atoms with Crippen LogP contribution in [0.3, 0.4) is 0 Å². The van der Waals surface area contributed by atoms with Crippen molar-refractivity contribution in [2.45, 2.75) is 25.8 Å². The van der Waals surface area contributed by atoms with Crippen LogP contribution in [-0.4, -0.2) is 40.0 Å². The zero-order valence-electron chi connectivity index (χ0n) is 11.0. The third kappa shape index (κ3) is 2.23. The van der Waals surface area contributed by atoms with Gasteiger partial charge in [-0.25, -0.2) is 4.79 Å². The number of imide groups is 1. The van der Waals surface area contributed by atoms with E-state index in [4.69, 9.17) is 11.6 Å². The number of Topliss-reactive ketones (excluding diaryl/α,β-unsaturated/α-hetero) is 1. The van der Waals surface area contributed by atoms with Gasteiger partial charge in [0, 0.05) is 23.4 Å². The third-order valence-corrected chi connectivity index (χ3v) is 4.07. The van der Waals surface area contributed by atoms with Crippen LogP contribution in [0.1, 0.15) is 30.1 Å². The molecule has 1 aliphatic rings. The van der Waals surface area contributed by atoms with E-state index in [9.17, 15) is 19.5 Å². The predicted molar refractivity (Wildman–Crippen MR) is 72.6 cm³/mol. The summed E-state index contributed by atoms with van der Waals surface area (Å²) in [5.41, 5.74) is 0.342. The predicted octanol–water partition coefficient (Wildman–Crippen LogP) is 2.73. The van der Waals surface area contributed by atoms with Crippen LogP contribution in [0.25, 0.3) is 0 Å². The van der Waals surface area contributed by atoms with Gasteiger partial charge in [-0.3, -0.25) is 4.79 Å². The molecule has 1 unspecified atom stereocenters. The number of hydrogen-bond donors (Lipinski definition) is 1. The number of ketones is 1. The zero-order chi connectivity index (χ0) is 14.9. The second kappa shape index (κ2) is 5.34. The van der Waals surface area contributed by atoms with Crippen molar-refractivity contribution in [3.8, 4) is 0 Å². The van der Waals surface area contributed by atoms with Crippen molar-refractivity contribution < 1.29 is 24.0 Å². The number of halogens is 1. The van der Waals surface area contributed by atoms with Crippen LogP contribution >= 0.6 is 11.6 Å². The largest absolute Gasteiger partial charge is 0.521 e. The number of carbonyl (C=O) groups excluding carboxylic acids is 2. The van der Waals surface area contributed by atoms with Gasteiger partial charge in [0.15, 0.2) is 6.04 Å². The quantitative estimate of drug-likeness (QED) is 0.673. The monoisotopic (exact) mass is 296 g/mol. The van der Waals surface area contributed by atoms with E-state index < -0.39 is 22.5 Å². The average Bonchev–Trinajstić information content (AvgIpc) is 2.83. The topological polar surface area (TPSA) is 71.4 Å². The molecule has 2 amide bonds. The first-order chi connectivity index (χ1) is 9.39. The molecule has 1 N–H and O–H groups in total. The lowest BCUT2D eigenvalue weighted by Gasteiger charge is -2.29. The minimum Gasteiger partial charge on any atom is -0.435 e. The molecule has 2 rings (SSSR count). The first-order valence-electron chi connectivity index (χ1n) is 6.31. The van der Waals surface area contributed by atoms with E-state index in [0.717, 1.165) is 0 Å².